The van der Waals surface area contributed by atoms with Crippen molar-refractivity contribution in [1.82, 2.24) is 20.4 Å². The maximum Gasteiger partial charge on any atom is 0.271 e. The third-order valence-corrected chi connectivity index (χ3v) is 4.03. The van der Waals surface area contributed by atoms with Crippen LogP contribution in [0.25, 0.3) is 0 Å². The fourth-order valence-corrected chi connectivity index (χ4v) is 2.78. The van der Waals surface area contributed by atoms with Crippen LogP contribution in [-0.2, 0) is 6.42 Å². The summed E-state index contributed by atoms with van der Waals surface area (Å²) in [6.45, 7) is 2.63. The normalized spacial score (nSPS) is 17.3. The van der Waals surface area contributed by atoms with Crippen LogP contribution in [0.4, 0.5) is 0 Å². The van der Waals surface area contributed by atoms with Crippen LogP contribution in [0.5, 0.6) is 0 Å². The number of nitrogens with zero attached hydrogens (tertiary/aromatic N) is 2. The zero-order valence-corrected chi connectivity index (χ0v) is 13.9. The molecule has 23 heavy (non-hydrogen) atoms. The number of rotatable bonds is 5. The monoisotopic (exact) mass is 334 g/mol. The first-order chi connectivity index (χ1) is 10.8. The van der Waals surface area contributed by atoms with Crippen molar-refractivity contribution < 1.29 is 4.79 Å². The van der Waals surface area contributed by atoms with Gasteiger partial charge in [-0.3, -0.25) is 9.48 Å². The van der Waals surface area contributed by atoms with Crippen LogP contribution < -0.4 is 10.6 Å². The zero-order chi connectivity index (χ0) is 15.2. The van der Waals surface area contributed by atoms with Crippen LogP contribution >= 0.6 is 12.4 Å². The van der Waals surface area contributed by atoms with Crippen molar-refractivity contribution in [1.29, 1.82) is 0 Å². The number of piperidine rings is 1. The molecule has 0 radical (unpaired) electrons. The Labute approximate surface area is 142 Å². The second kappa shape index (κ2) is 8.70. The molecule has 2 heterocycles. The van der Waals surface area contributed by atoms with E-state index in [9.17, 15) is 4.79 Å². The Morgan fingerprint density at radius 2 is 2.13 bits per heavy atom. The summed E-state index contributed by atoms with van der Waals surface area (Å²) in [6.07, 6.45) is 5.01. The number of nitrogens with one attached hydrogen (secondary N) is 2. The molecule has 3 rings (SSSR count). The van der Waals surface area contributed by atoms with Gasteiger partial charge in [0.05, 0.1) is 6.04 Å². The van der Waals surface area contributed by atoms with Gasteiger partial charge in [0.25, 0.3) is 5.91 Å². The van der Waals surface area contributed by atoms with Gasteiger partial charge in [0.2, 0.25) is 0 Å². The highest BCUT2D eigenvalue weighted by atomic mass is 35.5. The van der Waals surface area contributed by atoms with Gasteiger partial charge in [0, 0.05) is 19.3 Å². The molecule has 2 N–H and O–H groups in total. The molecule has 1 unspecified atom stereocenters. The molecule has 1 fully saturated rings. The Hall–Kier alpha value is -1.85. The summed E-state index contributed by atoms with van der Waals surface area (Å²) in [5.74, 6) is -0.0987. The lowest BCUT2D eigenvalue weighted by Crippen LogP contribution is -2.32. The summed E-state index contributed by atoms with van der Waals surface area (Å²) in [5, 5.41) is 10.7. The van der Waals surface area contributed by atoms with Crippen molar-refractivity contribution >= 4 is 18.3 Å². The second-order valence-corrected chi connectivity index (χ2v) is 5.67. The summed E-state index contributed by atoms with van der Waals surface area (Å²) < 4.78 is 1.91. The van der Waals surface area contributed by atoms with Gasteiger partial charge in [-0.05, 0) is 37.4 Å². The largest absolute Gasteiger partial charge is 0.350 e. The molecule has 0 aliphatic carbocycles. The molecule has 1 aromatic carbocycles. The molecule has 1 amide bonds. The number of halogens is 1. The van der Waals surface area contributed by atoms with Crippen molar-refractivity contribution in [2.45, 2.75) is 25.3 Å². The number of aromatic nitrogens is 2. The van der Waals surface area contributed by atoms with Gasteiger partial charge in [-0.15, -0.1) is 12.4 Å². The third-order valence-electron chi connectivity index (χ3n) is 4.03. The van der Waals surface area contributed by atoms with Crippen molar-refractivity contribution in [3.05, 3.63) is 53.9 Å². The van der Waals surface area contributed by atoms with Crippen LogP contribution in [-0.4, -0.2) is 35.3 Å². The Morgan fingerprint density at radius 1 is 1.30 bits per heavy atom. The van der Waals surface area contributed by atoms with E-state index in [1.165, 1.54) is 5.56 Å². The van der Waals surface area contributed by atoms with E-state index in [2.05, 4.69) is 27.9 Å². The van der Waals surface area contributed by atoms with Gasteiger partial charge in [0.15, 0.2) is 0 Å². The number of carbonyl (C=O) groups excluding carboxylic acids is 1. The van der Waals surface area contributed by atoms with Gasteiger partial charge in [-0.25, -0.2) is 0 Å². The smallest absolute Gasteiger partial charge is 0.271 e. The molecule has 1 aromatic heterocycles. The zero-order valence-electron chi connectivity index (χ0n) is 13.1. The molecule has 1 aliphatic heterocycles. The van der Waals surface area contributed by atoms with E-state index in [4.69, 9.17) is 0 Å². The van der Waals surface area contributed by atoms with Crippen LogP contribution in [0.1, 0.15) is 34.9 Å². The second-order valence-electron chi connectivity index (χ2n) is 5.67. The first-order valence-corrected chi connectivity index (χ1v) is 7.91. The lowest BCUT2D eigenvalue weighted by atomic mass is 10.1. The van der Waals surface area contributed by atoms with Crippen molar-refractivity contribution in [3.63, 3.8) is 0 Å². The number of carbonyl (C=O) groups is 1. The van der Waals surface area contributed by atoms with E-state index >= 15 is 0 Å². The lowest BCUT2D eigenvalue weighted by Gasteiger charge is -2.22. The van der Waals surface area contributed by atoms with E-state index in [1.54, 1.807) is 6.07 Å². The first-order valence-electron chi connectivity index (χ1n) is 7.91. The fourth-order valence-electron chi connectivity index (χ4n) is 2.78. The van der Waals surface area contributed by atoms with Gasteiger partial charge in [-0.2, -0.15) is 5.10 Å². The van der Waals surface area contributed by atoms with E-state index in [-0.39, 0.29) is 18.3 Å². The van der Waals surface area contributed by atoms with Crippen LogP contribution in [0.3, 0.4) is 0 Å². The molecule has 0 saturated carbocycles. The molecule has 1 aliphatic rings. The van der Waals surface area contributed by atoms with E-state index in [1.807, 2.05) is 29.1 Å². The Bertz CT molecular complexity index is 608. The molecular formula is C17H23ClN4O. The quantitative estimate of drug-likeness (QED) is 0.881. The molecule has 1 atom stereocenters. The fraction of sp³-hybridized carbons (Fsp3) is 0.412. The Kier molecular flexibility index (Phi) is 6.62. The average Bonchev–Trinajstić information content (AvgIpc) is 3.07. The van der Waals surface area contributed by atoms with Crippen LogP contribution in [0.2, 0.25) is 0 Å². The SMILES string of the molecule is Cl.O=C(NCCc1ccccc1)c1ccn(C2CCCNC2)n1. The minimum Gasteiger partial charge on any atom is -0.350 e. The summed E-state index contributed by atoms with van der Waals surface area (Å²) >= 11 is 0. The summed E-state index contributed by atoms with van der Waals surface area (Å²) in [5.41, 5.74) is 1.72. The van der Waals surface area contributed by atoms with Crippen molar-refractivity contribution in [2.75, 3.05) is 19.6 Å². The highest BCUT2D eigenvalue weighted by Gasteiger charge is 2.17. The average molecular weight is 335 g/mol. The number of amides is 1. The minimum atomic E-state index is -0.0987. The van der Waals surface area contributed by atoms with E-state index < -0.39 is 0 Å². The summed E-state index contributed by atoms with van der Waals surface area (Å²) in [7, 11) is 0. The number of hydrogen-bond acceptors (Lipinski definition) is 3. The van der Waals surface area contributed by atoms with Gasteiger partial charge >= 0.3 is 0 Å². The molecule has 0 bridgehead atoms. The van der Waals surface area contributed by atoms with Crippen LogP contribution in [0, 0.1) is 0 Å². The van der Waals surface area contributed by atoms with Crippen molar-refractivity contribution in [3.8, 4) is 0 Å². The molecular weight excluding hydrogens is 312 g/mol. The molecule has 124 valence electrons. The third kappa shape index (κ3) is 4.81. The van der Waals surface area contributed by atoms with Gasteiger partial charge < -0.3 is 10.6 Å². The molecule has 0 spiro atoms. The standard InChI is InChI=1S/C17H22N4O.ClH/c22-17(19-11-8-14-5-2-1-3-6-14)16-9-12-21(20-16)15-7-4-10-18-13-15;/h1-3,5-6,9,12,15,18H,4,7-8,10-11,13H2,(H,19,22);1H. The maximum atomic E-state index is 12.1. The number of benzene rings is 1. The number of hydrogen-bond donors (Lipinski definition) is 2. The molecule has 5 nitrogen and oxygen atoms in total. The minimum absolute atomic E-state index is 0. The van der Waals surface area contributed by atoms with Crippen LogP contribution in [0.15, 0.2) is 42.6 Å². The molecule has 6 heteroatoms. The maximum absolute atomic E-state index is 12.1. The highest BCUT2D eigenvalue weighted by Crippen LogP contribution is 2.15. The lowest BCUT2D eigenvalue weighted by molar-refractivity contribution is 0.0948. The van der Waals surface area contributed by atoms with Gasteiger partial charge in [-0.1, -0.05) is 30.3 Å². The predicted molar refractivity (Wildman–Crippen MR) is 93.1 cm³/mol. The molecule has 2 aromatic rings. The Morgan fingerprint density at radius 3 is 2.87 bits per heavy atom. The van der Waals surface area contributed by atoms with E-state index in [0.717, 1.165) is 32.4 Å². The van der Waals surface area contributed by atoms with Crippen molar-refractivity contribution in [2.24, 2.45) is 0 Å². The first kappa shape index (κ1) is 17.5. The van der Waals surface area contributed by atoms with E-state index in [0.29, 0.717) is 18.3 Å². The summed E-state index contributed by atoms with van der Waals surface area (Å²) in [4.78, 5) is 12.1. The summed E-state index contributed by atoms with van der Waals surface area (Å²) in [6, 6.07) is 12.3. The topological polar surface area (TPSA) is 59.0 Å². The Balaban J connectivity index is 0.00000192. The van der Waals surface area contributed by atoms with Gasteiger partial charge in [0.1, 0.15) is 5.69 Å². The highest BCUT2D eigenvalue weighted by molar-refractivity contribution is 5.92. The molecule has 1 saturated heterocycles. The predicted octanol–water partition coefficient (Wildman–Crippen LogP) is 2.20.